The lowest BCUT2D eigenvalue weighted by molar-refractivity contribution is 0.329. The summed E-state index contributed by atoms with van der Waals surface area (Å²) in [7, 11) is 2.21. The second-order valence-electron chi connectivity index (χ2n) is 7.31. The molecule has 0 fully saturated rings. The number of hydrogen-bond donors (Lipinski definition) is 1. The molecule has 1 rings (SSSR count). The highest BCUT2D eigenvalue weighted by Crippen LogP contribution is 2.29. The fourth-order valence-corrected chi connectivity index (χ4v) is 2.29. The minimum atomic E-state index is 0.271. The molecule has 0 aliphatic carbocycles. The van der Waals surface area contributed by atoms with E-state index in [1.54, 1.807) is 0 Å². The molecule has 0 saturated carbocycles. The normalized spacial score (nSPS) is 13.6. The van der Waals surface area contributed by atoms with Crippen molar-refractivity contribution in [1.29, 1.82) is 0 Å². The third kappa shape index (κ3) is 4.82. The third-order valence-electron chi connectivity index (χ3n) is 4.07. The molecule has 1 aromatic rings. The van der Waals surface area contributed by atoms with Gasteiger partial charge in [0.25, 0.3) is 0 Å². The molecule has 1 N–H and O–H groups in total. The van der Waals surface area contributed by atoms with Crippen molar-refractivity contribution in [3.05, 3.63) is 29.8 Å². The molecule has 0 spiro atoms. The minimum Gasteiger partial charge on any atom is -0.371 e. The predicted molar refractivity (Wildman–Crippen MR) is 90.3 cm³/mol. The first kappa shape index (κ1) is 17.0. The highest BCUT2D eigenvalue weighted by molar-refractivity contribution is 5.54. The van der Waals surface area contributed by atoms with Crippen molar-refractivity contribution < 1.29 is 0 Å². The summed E-state index contributed by atoms with van der Waals surface area (Å²) in [6.45, 7) is 15.7. The largest absolute Gasteiger partial charge is 0.371 e. The van der Waals surface area contributed by atoms with Crippen LogP contribution in [0.2, 0.25) is 0 Å². The van der Waals surface area contributed by atoms with E-state index in [0.29, 0.717) is 12.0 Å². The van der Waals surface area contributed by atoms with Crippen molar-refractivity contribution in [2.75, 3.05) is 18.5 Å². The summed E-state index contributed by atoms with van der Waals surface area (Å²) in [4.78, 5) is 2.41. The topological polar surface area (TPSA) is 15.3 Å². The van der Waals surface area contributed by atoms with Crippen molar-refractivity contribution >= 4 is 5.69 Å². The Morgan fingerprint density at radius 2 is 1.70 bits per heavy atom. The zero-order valence-electron chi connectivity index (χ0n) is 14.3. The molecule has 0 bridgehead atoms. The second-order valence-corrected chi connectivity index (χ2v) is 7.31. The maximum Gasteiger partial charge on any atom is 0.0411 e. The van der Waals surface area contributed by atoms with E-state index in [0.717, 1.165) is 13.1 Å². The van der Waals surface area contributed by atoms with Crippen LogP contribution < -0.4 is 10.2 Å². The highest BCUT2D eigenvalue weighted by Gasteiger charge is 2.25. The van der Waals surface area contributed by atoms with Crippen molar-refractivity contribution in [2.24, 2.45) is 11.3 Å². The molecule has 20 heavy (non-hydrogen) atoms. The van der Waals surface area contributed by atoms with Crippen molar-refractivity contribution in [3.63, 3.8) is 0 Å². The van der Waals surface area contributed by atoms with E-state index in [1.807, 2.05) is 0 Å². The number of hydrogen-bond acceptors (Lipinski definition) is 2. The zero-order chi connectivity index (χ0) is 15.3. The molecule has 0 radical (unpaired) electrons. The SMILES string of the molecule is CC(C)CNCc1ccccc1N(C)C(C)C(C)(C)C. The Kier molecular flexibility index (Phi) is 6.07. The van der Waals surface area contributed by atoms with Gasteiger partial charge in [-0.2, -0.15) is 0 Å². The van der Waals surface area contributed by atoms with Crippen LogP contribution in [0.15, 0.2) is 24.3 Å². The van der Waals surface area contributed by atoms with E-state index in [2.05, 4.69) is 83.1 Å². The van der Waals surface area contributed by atoms with Gasteiger partial charge < -0.3 is 10.2 Å². The monoisotopic (exact) mass is 276 g/mol. The average molecular weight is 276 g/mol. The maximum atomic E-state index is 3.55. The summed E-state index contributed by atoms with van der Waals surface area (Å²) in [6.07, 6.45) is 0. The Labute approximate surface area is 125 Å². The lowest BCUT2D eigenvalue weighted by Gasteiger charge is -2.38. The average Bonchev–Trinajstić information content (AvgIpc) is 2.36. The van der Waals surface area contributed by atoms with Gasteiger partial charge in [0.1, 0.15) is 0 Å². The first-order chi connectivity index (χ1) is 9.23. The van der Waals surface area contributed by atoms with Crippen LogP contribution in [0.1, 0.15) is 47.1 Å². The maximum absolute atomic E-state index is 3.55. The van der Waals surface area contributed by atoms with Gasteiger partial charge in [-0.15, -0.1) is 0 Å². The van der Waals surface area contributed by atoms with E-state index in [9.17, 15) is 0 Å². The fraction of sp³-hybridized carbons (Fsp3) is 0.667. The van der Waals surface area contributed by atoms with Gasteiger partial charge in [-0.3, -0.25) is 0 Å². The smallest absolute Gasteiger partial charge is 0.0411 e. The second kappa shape index (κ2) is 7.12. The van der Waals surface area contributed by atoms with Gasteiger partial charge >= 0.3 is 0 Å². The van der Waals surface area contributed by atoms with Crippen molar-refractivity contribution in [1.82, 2.24) is 5.32 Å². The van der Waals surface area contributed by atoms with Crippen LogP contribution in [0.25, 0.3) is 0 Å². The Morgan fingerprint density at radius 1 is 1.10 bits per heavy atom. The Bertz CT molecular complexity index is 404. The number of benzene rings is 1. The summed E-state index contributed by atoms with van der Waals surface area (Å²) < 4.78 is 0. The van der Waals surface area contributed by atoms with E-state index >= 15 is 0 Å². The lowest BCUT2D eigenvalue weighted by atomic mass is 9.86. The van der Waals surface area contributed by atoms with Gasteiger partial charge in [-0.25, -0.2) is 0 Å². The quantitative estimate of drug-likeness (QED) is 0.833. The van der Waals surface area contributed by atoms with Crippen molar-refractivity contribution in [2.45, 2.75) is 54.1 Å². The lowest BCUT2D eigenvalue weighted by Crippen LogP contribution is -2.40. The number of rotatable bonds is 6. The zero-order valence-corrected chi connectivity index (χ0v) is 14.3. The molecular weight excluding hydrogens is 244 g/mol. The Hall–Kier alpha value is -1.02. The van der Waals surface area contributed by atoms with Gasteiger partial charge in [0, 0.05) is 25.3 Å². The number of para-hydroxylation sites is 1. The number of anilines is 1. The molecule has 1 aromatic carbocycles. The molecule has 1 atom stereocenters. The fourth-order valence-electron chi connectivity index (χ4n) is 2.29. The van der Waals surface area contributed by atoms with Gasteiger partial charge in [0.15, 0.2) is 0 Å². The molecular formula is C18H32N2. The van der Waals surface area contributed by atoms with E-state index in [4.69, 9.17) is 0 Å². The van der Waals surface area contributed by atoms with Crippen molar-refractivity contribution in [3.8, 4) is 0 Å². The van der Waals surface area contributed by atoms with Crippen LogP contribution in [0, 0.1) is 11.3 Å². The predicted octanol–water partition coefficient (Wildman–Crippen LogP) is 4.30. The van der Waals surface area contributed by atoms with Crippen LogP contribution in [0.5, 0.6) is 0 Å². The first-order valence-electron chi connectivity index (χ1n) is 7.75. The summed E-state index contributed by atoms with van der Waals surface area (Å²) in [6, 6.07) is 9.22. The number of nitrogens with zero attached hydrogens (tertiary/aromatic N) is 1. The molecule has 0 aromatic heterocycles. The highest BCUT2D eigenvalue weighted by atomic mass is 15.1. The summed E-state index contributed by atoms with van der Waals surface area (Å²) in [5, 5.41) is 3.55. The number of nitrogens with one attached hydrogen (secondary N) is 1. The molecule has 0 aliphatic rings. The molecule has 0 saturated heterocycles. The van der Waals surface area contributed by atoms with E-state index in [-0.39, 0.29) is 5.41 Å². The summed E-state index contributed by atoms with van der Waals surface area (Å²) >= 11 is 0. The minimum absolute atomic E-state index is 0.271. The molecule has 2 heteroatoms. The summed E-state index contributed by atoms with van der Waals surface area (Å²) in [5.74, 6) is 0.688. The molecule has 2 nitrogen and oxygen atoms in total. The molecule has 0 amide bonds. The molecule has 0 heterocycles. The molecule has 1 unspecified atom stereocenters. The summed E-state index contributed by atoms with van der Waals surface area (Å²) in [5.41, 5.74) is 2.99. The van der Waals surface area contributed by atoms with Crippen LogP contribution >= 0.6 is 0 Å². The molecule has 0 aliphatic heterocycles. The van der Waals surface area contributed by atoms with E-state index < -0.39 is 0 Å². The molecule has 114 valence electrons. The van der Waals surface area contributed by atoms with Crippen LogP contribution in [-0.4, -0.2) is 19.6 Å². The van der Waals surface area contributed by atoms with Gasteiger partial charge in [0.05, 0.1) is 0 Å². The van der Waals surface area contributed by atoms with Crippen LogP contribution in [-0.2, 0) is 6.54 Å². The van der Waals surface area contributed by atoms with Crippen LogP contribution in [0.3, 0.4) is 0 Å². The first-order valence-corrected chi connectivity index (χ1v) is 7.75. The van der Waals surface area contributed by atoms with Gasteiger partial charge in [0.2, 0.25) is 0 Å². The van der Waals surface area contributed by atoms with E-state index in [1.165, 1.54) is 11.3 Å². The standard InChI is InChI=1S/C18H32N2/c1-14(2)12-19-13-16-10-8-9-11-17(16)20(7)15(3)18(4,5)6/h8-11,14-15,19H,12-13H2,1-7H3. The van der Waals surface area contributed by atoms with Gasteiger partial charge in [-0.1, -0.05) is 52.8 Å². The Balaban J connectivity index is 2.84. The van der Waals surface area contributed by atoms with Gasteiger partial charge in [-0.05, 0) is 36.4 Å². The third-order valence-corrected chi connectivity index (χ3v) is 4.07. The Morgan fingerprint density at radius 3 is 2.25 bits per heavy atom. The van der Waals surface area contributed by atoms with Crippen LogP contribution in [0.4, 0.5) is 5.69 Å².